The maximum absolute atomic E-state index is 11.5. The van der Waals surface area contributed by atoms with Gasteiger partial charge in [0.15, 0.2) is 0 Å². The molecule has 2 aromatic heterocycles. The molecule has 0 atom stereocenters. The predicted molar refractivity (Wildman–Crippen MR) is 79.7 cm³/mol. The minimum Gasteiger partial charge on any atom is -0.477 e. The lowest BCUT2D eigenvalue weighted by atomic mass is 10.2. The maximum Gasteiger partial charge on any atom is 0.411 e. The fourth-order valence-corrected chi connectivity index (χ4v) is 2.52. The van der Waals surface area contributed by atoms with Gasteiger partial charge in [0, 0.05) is 22.8 Å². The average molecular weight is 304 g/mol. The first-order chi connectivity index (χ1) is 10.1. The molecule has 0 bridgehead atoms. The molecule has 0 radical (unpaired) electrons. The number of hydrogen-bond donors (Lipinski definition) is 2. The molecule has 2 N–H and O–H groups in total. The van der Waals surface area contributed by atoms with E-state index in [1.165, 1.54) is 6.08 Å². The lowest BCUT2D eigenvalue weighted by molar-refractivity contribution is 0.0703. The monoisotopic (exact) mass is 304 g/mol. The summed E-state index contributed by atoms with van der Waals surface area (Å²) in [5, 5.41) is 11.6. The minimum absolute atomic E-state index is 0.0319. The van der Waals surface area contributed by atoms with Crippen molar-refractivity contribution in [1.29, 1.82) is 0 Å². The molecule has 0 aromatic carbocycles. The summed E-state index contributed by atoms with van der Waals surface area (Å²) in [6.07, 6.45) is 3.94. The molecular formula is C14H12N2O4S. The number of carboxylic acid groups (broad SMARTS) is 1. The van der Waals surface area contributed by atoms with Gasteiger partial charge < -0.3 is 9.84 Å². The van der Waals surface area contributed by atoms with E-state index in [9.17, 15) is 14.7 Å². The normalized spacial score (nSPS) is 9.90. The molecule has 0 aliphatic heterocycles. The molecular weight excluding hydrogens is 292 g/mol. The second-order valence-corrected chi connectivity index (χ2v) is 4.96. The van der Waals surface area contributed by atoms with Gasteiger partial charge in [0.25, 0.3) is 0 Å². The number of carbonyl (C=O) groups excluding carboxylic acids is 1. The second-order valence-electron chi connectivity index (χ2n) is 3.91. The van der Waals surface area contributed by atoms with Crippen molar-refractivity contribution in [2.45, 2.75) is 0 Å². The molecule has 0 aliphatic carbocycles. The van der Waals surface area contributed by atoms with Crippen molar-refractivity contribution in [3.05, 3.63) is 48.1 Å². The predicted octanol–water partition coefficient (Wildman–Crippen LogP) is 3.24. The van der Waals surface area contributed by atoms with E-state index >= 15 is 0 Å². The highest BCUT2D eigenvalue weighted by atomic mass is 32.1. The van der Waals surface area contributed by atoms with Gasteiger partial charge in [-0.15, -0.1) is 11.3 Å². The van der Waals surface area contributed by atoms with Gasteiger partial charge in [-0.3, -0.25) is 10.3 Å². The number of aromatic carboxylic acids is 1. The number of anilines is 1. The Morgan fingerprint density at radius 3 is 2.95 bits per heavy atom. The van der Waals surface area contributed by atoms with Crippen LogP contribution < -0.4 is 5.32 Å². The van der Waals surface area contributed by atoms with Crippen molar-refractivity contribution in [2.75, 3.05) is 11.9 Å². The molecule has 0 saturated heterocycles. The van der Waals surface area contributed by atoms with Crippen LogP contribution in [0.5, 0.6) is 0 Å². The Bertz CT molecular complexity index is 667. The molecule has 21 heavy (non-hydrogen) atoms. The first kappa shape index (κ1) is 14.7. The number of nitrogens with zero attached hydrogens (tertiary/aromatic N) is 1. The van der Waals surface area contributed by atoms with Gasteiger partial charge in [0.2, 0.25) is 0 Å². The number of carboxylic acids is 1. The smallest absolute Gasteiger partial charge is 0.411 e. The van der Waals surface area contributed by atoms with Crippen LogP contribution in [0.15, 0.2) is 43.2 Å². The summed E-state index contributed by atoms with van der Waals surface area (Å²) >= 11 is 1.06. The molecule has 2 rings (SSSR count). The molecule has 7 heteroatoms. The van der Waals surface area contributed by atoms with Crippen molar-refractivity contribution in [3.63, 3.8) is 0 Å². The molecule has 1 amide bonds. The number of ether oxygens (including phenoxy) is 1. The minimum atomic E-state index is -1.12. The first-order valence-corrected chi connectivity index (χ1v) is 6.75. The summed E-state index contributed by atoms with van der Waals surface area (Å²) in [5.74, 6) is -1.12. The van der Waals surface area contributed by atoms with E-state index in [1.54, 1.807) is 24.5 Å². The lowest BCUT2D eigenvalue weighted by Crippen LogP contribution is -2.14. The Morgan fingerprint density at radius 2 is 2.33 bits per heavy atom. The Balaban J connectivity index is 2.28. The topological polar surface area (TPSA) is 88.5 Å². The summed E-state index contributed by atoms with van der Waals surface area (Å²) in [6, 6.07) is 5.14. The summed E-state index contributed by atoms with van der Waals surface area (Å²) < 4.78 is 4.78. The number of rotatable bonds is 5. The van der Waals surface area contributed by atoms with Crippen molar-refractivity contribution in [3.8, 4) is 10.4 Å². The van der Waals surface area contributed by atoms with Gasteiger partial charge in [-0.25, -0.2) is 9.59 Å². The molecule has 0 fully saturated rings. The van der Waals surface area contributed by atoms with E-state index in [-0.39, 0.29) is 17.2 Å². The van der Waals surface area contributed by atoms with Crippen molar-refractivity contribution in [2.24, 2.45) is 0 Å². The number of nitrogens with one attached hydrogen (secondary N) is 1. The number of thiophene rings is 1. The zero-order chi connectivity index (χ0) is 15.2. The van der Waals surface area contributed by atoms with E-state index in [1.807, 2.05) is 6.07 Å². The third-order valence-corrected chi connectivity index (χ3v) is 3.61. The zero-order valence-electron chi connectivity index (χ0n) is 10.9. The zero-order valence-corrected chi connectivity index (χ0v) is 11.7. The lowest BCUT2D eigenvalue weighted by Gasteiger charge is -2.03. The Labute approximate surface area is 124 Å². The Kier molecular flexibility index (Phi) is 4.68. The summed E-state index contributed by atoms with van der Waals surface area (Å²) in [5.41, 5.74) is 0.970. The molecule has 2 heterocycles. The second kappa shape index (κ2) is 6.67. The van der Waals surface area contributed by atoms with Gasteiger partial charge in [-0.2, -0.15) is 0 Å². The third-order valence-electron chi connectivity index (χ3n) is 2.44. The van der Waals surface area contributed by atoms with Crippen LogP contribution in [0.2, 0.25) is 0 Å². The van der Waals surface area contributed by atoms with Crippen LogP contribution in [0.3, 0.4) is 0 Å². The molecule has 0 saturated carbocycles. The van der Waals surface area contributed by atoms with Crippen molar-refractivity contribution < 1.29 is 19.4 Å². The number of hydrogen-bond acceptors (Lipinski definition) is 5. The standard InChI is InChI=1S/C14H12N2O4S/c1-2-6-20-14(19)16-10-7-11(21-12(10)13(17)18)9-4-3-5-15-8-9/h2-5,7-8H,1,6H2,(H,16,19)(H,17,18). The van der Waals surface area contributed by atoms with Gasteiger partial charge in [-0.05, 0) is 12.1 Å². The largest absolute Gasteiger partial charge is 0.477 e. The fraction of sp³-hybridized carbons (Fsp3) is 0.0714. The van der Waals surface area contributed by atoms with Crippen LogP contribution in [-0.4, -0.2) is 28.8 Å². The highest BCUT2D eigenvalue weighted by Crippen LogP contribution is 2.34. The Hall–Kier alpha value is -2.67. The molecule has 6 nitrogen and oxygen atoms in total. The van der Waals surface area contributed by atoms with Gasteiger partial charge in [-0.1, -0.05) is 18.7 Å². The van der Waals surface area contributed by atoms with Gasteiger partial charge >= 0.3 is 12.1 Å². The summed E-state index contributed by atoms with van der Waals surface area (Å²) in [7, 11) is 0. The van der Waals surface area contributed by atoms with Crippen LogP contribution in [0.25, 0.3) is 10.4 Å². The maximum atomic E-state index is 11.5. The van der Waals surface area contributed by atoms with E-state index < -0.39 is 12.1 Å². The summed E-state index contributed by atoms with van der Waals surface area (Å²) in [6.45, 7) is 3.47. The highest BCUT2D eigenvalue weighted by molar-refractivity contribution is 7.18. The van der Waals surface area contributed by atoms with Crippen molar-refractivity contribution in [1.82, 2.24) is 4.98 Å². The molecule has 108 valence electrons. The van der Waals surface area contributed by atoms with Gasteiger partial charge in [0.05, 0.1) is 5.69 Å². The average Bonchev–Trinajstić information content (AvgIpc) is 2.90. The molecule has 0 aliphatic rings. The molecule has 2 aromatic rings. The number of carbonyl (C=O) groups is 2. The van der Waals surface area contributed by atoms with Gasteiger partial charge in [0.1, 0.15) is 11.5 Å². The van der Waals surface area contributed by atoms with Crippen LogP contribution in [0.4, 0.5) is 10.5 Å². The van der Waals surface area contributed by atoms with Crippen molar-refractivity contribution >= 4 is 29.1 Å². The van der Waals surface area contributed by atoms with Crippen LogP contribution in [-0.2, 0) is 4.74 Å². The van der Waals surface area contributed by atoms with Crippen LogP contribution >= 0.6 is 11.3 Å². The van der Waals surface area contributed by atoms with Crippen LogP contribution in [0, 0.1) is 0 Å². The van der Waals surface area contributed by atoms with E-state index in [0.717, 1.165) is 16.9 Å². The highest BCUT2D eigenvalue weighted by Gasteiger charge is 2.18. The molecule has 0 unspecified atom stereocenters. The first-order valence-electron chi connectivity index (χ1n) is 5.94. The molecule has 0 spiro atoms. The van der Waals surface area contributed by atoms with E-state index in [0.29, 0.717) is 4.88 Å². The fourth-order valence-electron chi connectivity index (χ4n) is 1.57. The summed E-state index contributed by atoms with van der Waals surface area (Å²) in [4.78, 5) is 27.5. The number of amides is 1. The number of pyridine rings is 1. The number of aromatic nitrogens is 1. The third kappa shape index (κ3) is 3.67. The SMILES string of the molecule is C=CCOC(=O)Nc1cc(-c2cccnc2)sc1C(=O)O. The van der Waals surface area contributed by atoms with Crippen LogP contribution in [0.1, 0.15) is 9.67 Å². The van der Waals surface area contributed by atoms with E-state index in [4.69, 9.17) is 4.74 Å². The van der Waals surface area contributed by atoms with E-state index in [2.05, 4.69) is 16.9 Å². The Morgan fingerprint density at radius 1 is 1.52 bits per heavy atom. The quantitative estimate of drug-likeness (QED) is 0.828.